The van der Waals surface area contributed by atoms with Gasteiger partial charge in [0, 0.05) is 20.1 Å². The Labute approximate surface area is 130 Å². The molecule has 0 aliphatic carbocycles. The number of rotatable bonds is 6. The molecule has 2 rings (SSSR count). The Bertz CT molecular complexity index is 643. The van der Waals surface area contributed by atoms with Crippen molar-refractivity contribution in [3.63, 3.8) is 0 Å². The number of carbonyl (C=O) groups is 1. The second kappa shape index (κ2) is 7.66. The van der Waals surface area contributed by atoms with Gasteiger partial charge in [-0.3, -0.25) is 0 Å². The van der Waals surface area contributed by atoms with Crippen LogP contribution in [-0.2, 0) is 6.42 Å². The number of hydrogen-bond acceptors (Lipinski definition) is 3. The van der Waals surface area contributed by atoms with Gasteiger partial charge in [0.1, 0.15) is 5.75 Å². The van der Waals surface area contributed by atoms with Crippen LogP contribution in [0.15, 0.2) is 36.4 Å². The number of amides is 2. The summed E-state index contributed by atoms with van der Waals surface area (Å²) in [5.74, 6) is 0.826. The van der Waals surface area contributed by atoms with Crippen molar-refractivity contribution in [3.05, 3.63) is 42.0 Å². The van der Waals surface area contributed by atoms with Crippen molar-refractivity contribution in [2.45, 2.75) is 6.42 Å². The predicted octanol–water partition coefficient (Wildman–Crippen LogP) is 2.02. The molecule has 0 atom stereocenters. The van der Waals surface area contributed by atoms with Gasteiger partial charge in [-0.05, 0) is 34.9 Å². The number of methoxy groups -OCH3 is 1. The van der Waals surface area contributed by atoms with Gasteiger partial charge in [0.2, 0.25) is 0 Å². The highest BCUT2D eigenvalue weighted by molar-refractivity contribution is 5.87. The van der Waals surface area contributed by atoms with Gasteiger partial charge in [-0.15, -0.1) is 0 Å². The first-order valence-electron chi connectivity index (χ1n) is 7.31. The normalized spacial score (nSPS) is 10.5. The van der Waals surface area contributed by atoms with Crippen LogP contribution in [0.2, 0.25) is 0 Å². The summed E-state index contributed by atoms with van der Waals surface area (Å²) in [5, 5.41) is 14.0. The lowest BCUT2D eigenvalue weighted by atomic mass is 10.0. The summed E-state index contributed by atoms with van der Waals surface area (Å²) in [4.78, 5) is 13.2. The number of ether oxygens (including phenoxy) is 1. The van der Waals surface area contributed by atoms with Crippen molar-refractivity contribution >= 4 is 16.8 Å². The molecule has 0 radical (unpaired) electrons. The lowest BCUT2D eigenvalue weighted by Gasteiger charge is -2.16. The minimum absolute atomic E-state index is 0.0347. The van der Waals surface area contributed by atoms with Crippen molar-refractivity contribution in [1.29, 1.82) is 0 Å². The predicted molar refractivity (Wildman–Crippen MR) is 87.3 cm³/mol. The largest absolute Gasteiger partial charge is 0.497 e. The second-order valence-electron chi connectivity index (χ2n) is 5.13. The summed E-state index contributed by atoms with van der Waals surface area (Å²) >= 11 is 0. The van der Waals surface area contributed by atoms with E-state index >= 15 is 0 Å². The zero-order valence-corrected chi connectivity index (χ0v) is 13.0. The fourth-order valence-corrected chi connectivity index (χ4v) is 2.35. The molecule has 0 saturated heterocycles. The van der Waals surface area contributed by atoms with Crippen molar-refractivity contribution in [3.8, 4) is 5.75 Å². The average Bonchev–Trinajstić information content (AvgIpc) is 2.54. The first kappa shape index (κ1) is 16.1. The van der Waals surface area contributed by atoms with E-state index < -0.39 is 0 Å². The molecule has 22 heavy (non-hydrogen) atoms. The van der Waals surface area contributed by atoms with Gasteiger partial charge >= 0.3 is 6.03 Å². The fourth-order valence-electron chi connectivity index (χ4n) is 2.35. The van der Waals surface area contributed by atoms with Crippen molar-refractivity contribution in [1.82, 2.24) is 10.2 Å². The number of urea groups is 1. The number of nitrogens with zero attached hydrogens (tertiary/aromatic N) is 1. The highest BCUT2D eigenvalue weighted by Gasteiger charge is 2.07. The molecule has 0 saturated carbocycles. The molecule has 0 heterocycles. The number of carbonyl (C=O) groups excluding carboxylic acids is 1. The monoisotopic (exact) mass is 302 g/mol. The number of hydrogen-bond donors (Lipinski definition) is 2. The minimum Gasteiger partial charge on any atom is -0.497 e. The van der Waals surface area contributed by atoms with Crippen LogP contribution in [0.3, 0.4) is 0 Å². The molecule has 0 aliphatic rings. The van der Waals surface area contributed by atoms with Crippen LogP contribution >= 0.6 is 0 Å². The van der Waals surface area contributed by atoms with E-state index in [0.29, 0.717) is 13.1 Å². The summed E-state index contributed by atoms with van der Waals surface area (Å²) in [5.41, 5.74) is 1.17. The molecule has 2 N–H and O–H groups in total. The van der Waals surface area contributed by atoms with Crippen LogP contribution in [-0.4, -0.2) is 49.9 Å². The average molecular weight is 302 g/mol. The van der Waals surface area contributed by atoms with Crippen LogP contribution in [0.25, 0.3) is 10.8 Å². The molecule has 2 aromatic carbocycles. The SMILES string of the molecule is COc1ccc2cccc(CCNC(=O)N(C)CCO)c2c1. The summed E-state index contributed by atoms with van der Waals surface area (Å²) in [6.07, 6.45) is 0.739. The summed E-state index contributed by atoms with van der Waals surface area (Å²) in [6, 6.07) is 12.0. The number of aliphatic hydroxyl groups is 1. The highest BCUT2D eigenvalue weighted by atomic mass is 16.5. The molecule has 0 aromatic heterocycles. The van der Waals surface area contributed by atoms with Crippen LogP contribution in [0.4, 0.5) is 4.79 Å². The summed E-state index contributed by atoms with van der Waals surface area (Å²) in [6.45, 7) is 0.843. The topological polar surface area (TPSA) is 61.8 Å². The molecule has 0 spiro atoms. The molecule has 0 fully saturated rings. The van der Waals surface area contributed by atoms with Crippen LogP contribution < -0.4 is 10.1 Å². The van der Waals surface area contributed by atoms with E-state index in [-0.39, 0.29) is 12.6 Å². The Morgan fingerprint density at radius 2 is 2.14 bits per heavy atom. The van der Waals surface area contributed by atoms with Gasteiger partial charge < -0.3 is 20.1 Å². The van der Waals surface area contributed by atoms with E-state index in [1.165, 1.54) is 10.5 Å². The number of benzene rings is 2. The van der Waals surface area contributed by atoms with Crippen LogP contribution in [0.1, 0.15) is 5.56 Å². The maximum Gasteiger partial charge on any atom is 0.317 e. The number of nitrogens with one attached hydrogen (secondary N) is 1. The number of fused-ring (bicyclic) bond motifs is 1. The van der Waals surface area contributed by atoms with Gasteiger partial charge in [-0.1, -0.05) is 24.3 Å². The third kappa shape index (κ3) is 3.89. The van der Waals surface area contributed by atoms with Gasteiger partial charge in [0.15, 0.2) is 0 Å². The van der Waals surface area contributed by atoms with E-state index in [9.17, 15) is 4.79 Å². The lowest BCUT2D eigenvalue weighted by Crippen LogP contribution is -2.39. The number of aliphatic hydroxyl groups excluding tert-OH is 1. The molecule has 2 amide bonds. The summed E-state index contributed by atoms with van der Waals surface area (Å²) in [7, 11) is 3.31. The lowest BCUT2D eigenvalue weighted by molar-refractivity contribution is 0.190. The molecule has 5 nitrogen and oxygen atoms in total. The third-order valence-corrected chi connectivity index (χ3v) is 3.63. The Balaban J connectivity index is 2.04. The highest BCUT2D eigenvalue weighted by Crippen LogP contribution is 2.24. The molecule has 2 aromatic rings. The van der Waals surface area contributed by atoms with E-state index in [1.54, 1.807) is 14.2 Å². The maximum absolute atomic E-state index is 11.8. The van der Waals surface area contributed by atoms with Gasteiger partial charge in [0.05, 0.1) is 13.7 Å². The maximum atomic E-state index is 11.8. The Hall–Kier alpha value is -2.27. The first-order chi connectivity index (χ1) is 10.7. The molecule has 5 heteroatoms. The van der Waals surface area contributed by atoms with E-state index in [1.807, 2.05) is 24.3 Å². The number of likely N-dealkylation sites (N-methyl/N-ethyl adjacent to an activating group) is 1. The quantitative estimate of drug-likeness (QED) is 0.858. The van der Waals surface area contributed by atoms with E-state index in [2.05, 4.69) is 17.4 Å². The zero-order valence-electron chi connectivity index (χ0n) is 13.0. The summed E-state index contributed by atoms with van der Waals surface area (Å²) < 4.78 is 5.28. The molecule has 0 aliphatic heterocycles. The van der Waals surface area contributed by atoms with Crippen molar-refractivity contribution < 1.29 is 14.6 Å². The molecule has 118 valence electrons. The Kier molecular flexibility index (Phi) is 5.61. The fraction of sp³-hybridized carbons (Fsp3) is 0.353. The zero-order chi connectivity index (χ0) is 15.9. The van der Waals surface area contributed by atoms with Crippen molar-refractivity contribution in [2.24, 2.45) is 0 Å². The standard InChI is InChI=1S/C17H22N2O3/c1-19(10-11-20)17(21)18-9-8-14-5-3-4-13-6-7-15(22-2)12-16(13)14/h3-7,12,20H,8-11H2,1-2H3,(H,18,21). The molecule has 0 unspecified atom stereocenters. The minimum atomic E-state index is -0.174. The smallest absolute Gasteiger partial charge is 0.317 e. The second-order valence-corrected chi connectivity index (χ2v) is 5.13. The first-order valence-corrected chi connectivity index (χ1v) is 7.31. The van der Waals surface area contributed by atoms with Gasteiger partial charge in [-0.2, -0.15) is 0 Å². The van der Waals surface area contributed by atoms with E-state index in [0.717, 1.165) is 22.9 Å². The van der Waals surface area contributed by atoms with Gasteiger partial charge in [-0.25, -0.2) is 4.79 Å². The molecular weight excluding hydrogens is 280 g/mol. The Morgan fingerprint density at radius 3 is 2.86 bits per heavy atom. The van der Waals surface area contributed by atoms with Gasteiger partial charge in [0.25, 0.3) is 0 Å². The van der Waals surface area contributed by atoms with E-state index in [4.69, 9.17) is 9.84 Å². The molecule has 0 bridgehead atoms. The van der Waals surface area contributed by atoms with Crippen LogP contribution in [0.5, 0.6) is 5.75 Å². The van der Waals surface area contributed by atoms with Crippen LogP contribution in [0, 0.1) is 0 Å². The van der Waals surface area contributed by atoms with Crippen molar-refractivity contribution in [2.75, 3.05) is 33.9 Å². The Morgan fingerprint density at radius 1 is 1.32 bits per heavy atom. The molecular formula is C17H22N2O3. The third-order valence-electron chi connectivity index (χ3n) is 3.63.